The van der Waals surface area contributed by atoms with E-state index in [4.69, 9.17) is 17.3 Å². The first-order chi connectivity index (χ1) is 8.47. The number of nitrogens with two attached hydrogens (primary N) is 1. The summed E-state index contributed by atoms with van der Waals surface area (Å²) in [6.45, 7) is 2.00. The molecule has 1 atom stereocenters. The van der Waals surface area contributed by atoms with E-state index in [1.165, 1.54) is 0 Å². The van der Waals surface area contributed by atoms with Crippen LogP contribution in [0.5, 0.6) is 0 Å². The summed E-state index contributed by atoms with van der Waals surface area (Å²) in [5, 5.41) is 3.43. The van der Waals surface area contributed by atoms with Gasteiger partial charge in [0.15, 0.2) is 0 Å². The molecule has 0 spiro atoms. The lowest BCUT2D eigenvalue weighted by molar-refractivity contribution is -0.117. The molecule has 18 heavy (non-hydrogen) atoms. The van der Waals surface area contributed by atoms with Crippen molar-refractivity contribution >= 4 is 28.9 Å². The van der Waals surface area contributed by atoms with Crippen LogP contribution in [0.15, 0.2) is 18.2 Å². The number of carbonyl (C=O) groups is 1. The van der Waals surface area contributed by atoms with Gasteiger partial charge in [0.2, 0.25) is 5.91 Å². The number of hydrogen-bond donors (Lipinski definition) is 2. The van der Waals surface area contributed by atoms with Crippen LogP contribution in [0.4, 0.5) is 11.4 Å². The number of anilines is 2. The number of rotatable bonds is 5. The van der Waals surface area contributed by atoms with Crippen molar-refractivity contribution in [2.75, 3.05) is 24.3 Å². The molecular weight excluding hydrogens is 250 g/mol. The van der Waals surface area contributed by atoms with Crippen LogP contribution in [0, 0.1) is 0 Å². The summed E-state index contributed by atoms with van der Waals surface area (Å²) in [6, 6.07) is 4.93. The summed E-state index contributed by atoms with van der Waals surface area (Å²) in [4.78, 5) is 13.8. The molecule has 0 saturated heterocycles. The zero-order valence-electron chi connectivity index (χ0n) is 11.0. The van der Waals surface area contributed by atoms with E-state index < -0.39 is 6.04 Å². The molecule has 1 aromatic carbocycles. The van der Waals surface area contributed by atoms with Crippen LogP contribution in [0.2, 0.25) is 5.02 Å². The van der Waals surface area contributed by atoms with Gasteiger partial charge in [-0.25, -0.2) is 0 Å². The molecule has 1 rings (SSSR count). The third-order valence-electron chi connectivity index (χ3n) is 2.63. The van der Waals surface area contributed by atoms with Crippen molar-refractivity contribution in [3.63, 3.8) is 0 Å². The normalized spacial score (nSPS) is 12.1. The van der Waals surface area contributed by atoms with Gasteiger partial charge >= 0.3 is 0 Å². The van der Waals surface area contributed by atoms with Crippen molar-refractivity contribution in [3.05, 3.63) is 23.2 Å². The molecule has 1 amide bonds. The van der Waals surface area contributed by atoms with Gasteiger partial charge in [-0.05, 0) is 18.6 Å². The molecule has 0 heterocycles. The van der Waals surface area contributed by atoms with Crippen molar-refractivity contribution in [2.24, 2.45) is 5.73 Å². The van der Waals surface area contributed by atoms with Gasteiger partial charge in [-0.15, -0.1) is 0 Å². The fourth-order valence-electron chi connectivity index (χ4n) is 1.74. The SMILES string of the molecule is CCC[C@H](N)C(=O)Nc1cccc(Cl)c1N(C)C. The Morgan fingerprint density at radius 3 is 2.72 bits per heavy atom. The Kier molecular flexibility index (Phi) is 5.44. The number of benzene rings is 1. The van der Waals surface area contributed by atoms with Crippen LogP contribution in [-0.2, 0) is 4.79 Å². The number of nitrogens with one attached hydrogen (secondary N) is 1. The molecule has 0 aliphatic carbocycles. The van der Waals surface area contributed by atoms with Crippen molar-refractivity contribution in [1.82, 2.24) is 0 Å². The Balaban J connectivity index is 2.91. The van der Waals surface area contributed by atoms with Gasteiger partial charge in [0, 0.05) is 14.1 Å². The van der Waals surface area contributed by atoms with Gasteiger partial charge in [-0.2, -0.15) is 0 Å². The van der Waals surface area contributed by atoms with E-state index in [-0.39, 0.29) is 5.91 Å². The Morgan fingerprint density at radius 2 is 2.17 bits per heavy atom. The average Bonchev–Trinajstić information content (AvgIpc) is 2.28. The lowest BCUT2D eigenvalue weighted by Gasteiger charge is -2.20. The number of nitrogens with zero attached hydrogens (tertiary/aromatic N) is 1. The van der Waals surface area contributed by atoms with Crippen LogP contribution in [0.3, 0.4) is 0 Å². The van der Waals surface area contributed by atoms with E-state index in [9.17, 15) is 4.79 Å². The first kappa shape index (κ1) is 14.8. The summed E-state index contributed by atoms with van der Waals surface area (Å²) in [5.41, 5.74) is 7.25. The van der Waals surface area contributed by atoms with E-state index >= 15 is 0 Å². The fourth-order valence-corrected chi connectivity index (χ4v) is 2.08. The molecule has 0 aliphatic rings. The maximum Gasteiger partial charge on any atom is 0.241 e. The Bertz CT molecular complexity index is 421. The topological polar surface area (TPSA) is 58.4 Å². The predicted molar refractivity (Wildman–Crippen MR) is 77.3 cm³/mol. The van der Waals surface area contributed by atoms with Crippen molar-refractivity contribution in [1.29, 1.82) is 0 Å². The van der Waals surface area contributed by atoms with Crippen LogP contribution in [0.1, 0.15) is 19.8 Å². The molecule has 0 radical (unpaired) electrons. The second-order valence-electron chi connectivity index (χ2n) is 4.41. The van der Waals surface area contributed by atoms with E-state index in [0.29, 0.717) is 17.1 Å². The lowest BCUT2D eigenvalue weighted by Crippen LogP contribution is -2.35. The highest BCUT2D eigenvalue weighted by molar-refractivity contribution is 6.34. The van der Waals surface area contributed by atoms with E-state index in [2.05, 4.69) is 5.32 Å². The quantitative estimate of drug-likeness (QED) is 0.863. The van der Waals surface area contributed by atoms with E-state index in [1.54, 1.807) is 12.1 Å². The van der Waals surface area contributed by atoms with Gasteiger partial charge in [0.05, 0.1) is 22.4 Å². The maximum atomic E-state index is 11.9. The largest absolute Gasteiger partial charge is 0.375 e. The van der Waals surface area contributed by atoms with Crippen molar-refractivity contribution < 1.29 is 4.79 Å². The van der Waals surface area contributed by atoms with Crippen molar-refractivity contribution in [3.8, 4) is 0 Å². The zero-order valence-corrected chi connectivity index (χ0v) is 11.8. The van der Waals surface area contributed by atoms with Crippen LogP contribution < -0.4 is 16.0 Å². The molecule has 3 N–H and O–H groups in total. The van der Waals surface area contributed by atoms with E-state index in [0.717, 1.165) is 12.1 Å². The van der Waals surface area contributed by atoms with Crippen LogP contribution >= 0.6 is 11.6 Å². The Morgan fingerprint density at radius 1 is 1.50 bits per heavy atom. The molecule has 4 nitrogen and oxygen atoms in total. The molecule has 5 heteroatoms. The minimum Gasteiger partial charge on any atom is -0.375 e. The van der Waals surface area contributed by atoms with Gasteiger partial charge in [-0.3, -0.25) is 4.79 Å². The molecule has 1 aromatic rings. The van der Waals surface area contributed by atoms with Crippen molar-refractivity contribution in [2.45, 2.75) is 25.8 Å². The summed E-state index contributed by atoms with van der Waals surface area (Å²) in [5.74, 6) is -0.179. The highest BCUT2D eigenvalue weighted by Crippen LogP contribution is 2.32. The number of hydrogen-bond acceptors (Lipinski definition) is 3. The highest BCUT2D eigenvalue weighted by Gasteiger charge is 2.16. The summed E-state index contributed by atoms with van der Waals surface area (Å²) in [7, 11) is 3.76. The Hall–Kier alpha value is -1.26. The minimum absolute atomic E-state index is 0.179. The van der Waals surface area contributed by atoms with Crippen LogP contribution in [-0.4, -0.2) is 26.0 Å². The molecular formula is C13H20ClN3O. The minimum atomic E-state index is -0.482. The third-order valence-corrected chi connectivity index (χ3v) is 2.93. The standard InChI is InChI=1S/C13H20ClN3O/c1-4-6-10(15)13(18)16-11-8-5-7-9(14)12(11)17(2)3/h5,7-8,10H,4,6,15H2,1-3H3,(H,16,18)/t10-/m0/s1. The monoisotopic (exact) mass is 269 g/mol. The average molecular weight is 270 g/mol. The molecule has 0 saturated carbocycles. The van der Waals surface area contributed by atoms with Gasteiger partial charge in [0.25, 0.3) is 0 Å². The predicted octanol–water partition coefficient (Wildman–Crippen LogP) is 2.47. The third kappa shape index (κ3) is 3.62. The molecule has 0 bridgehead atoms. The molecule has 0 unspecified atom stereocenters. The molecule has 0 aliphatic heterocycles. The first-order valence-corrected chi connectivity index (χ1v) is 6.37. The summed E-state index contributed by atoms with van der Waals surface area (Å²) < 4.78 is 0. The molecule has 0 fully saturated rings. The fraction of sp³-hybridized carbons (Fsp3) is 0.462. The summed E-state index contributed by atoms with van der Waals surface area (Å²) >= 11 is 6.12. The van der Waals surface area contributed by atoms with Gasteiger partial charge < -0.3 is 16.0 Å². The summed E-state index contributed by atoms with van der Waals surface area (Å²) in [6.07, 6.45) is 1.55. The number of carbonyl (C=O) groups excluding carboxylic acids is 1. The maximum absolute atomic E-state index is 11.9. The highest BCUT2D eigenvalue weighted by atomic mass is 35.5. The second-order valence-corrected chi connectivity index (χ2v) is 4.82. The number of para-hydroxylation sites is 1. The smallest absolute Gasteiger partial charge is 0.241 e. The first-order valence-electron chi connectivity index (χ1n) is 5.99. The molecule has 100 valence electrons. The van der Waals surface area contributed by atoms with Gasteiger partial charge in [-0.1, -0.05) is 31.0 Å². The zero-order chi connectivity index (χ0) is 13.7. The number of halogens is 1. The van der Waals surface area contributed by atoms with E-state index in [1.807, 2.05) is 32.0 Å². The van der Waals surface area contributed by atoms with Gasteiger partial charge in [0.1, 0.15) is 0 Å². The number of amides is 1. The van der Waals surface area contributed by atoms with Crippen LogP contribution in [0.25, 0.3) is 0 Å². The lowest BCUT2D eigenvalue weighted by atomic mass is 10.1. The second kappa shape index (κ2) is 6.61. The Labute approximate surface area is 113 Å². The molecule has 0 aromatic heterocycles.